The zero-order chi connectivity index (χ0) is 22.1. The van der Waals surface area contributed by atoms with E-state index in [0.717, 1.165) is 27.2 Å². The van der Waals surface area contributed by atoms with Gasteiger partial charge in [-0.3, -0.25) is 9.69 Å². The van der Waals surface area contributed by atoms with Crippen molar-refractivity contribution in [3.8, 4) is 11.3 Å². The second-order valence-corrected chi connectivity index (χ2v) is 7.41. The third-order valence-corrected chi connectivity index (χ3v) is 5.04. The Morgan fingerprint density at radius 1 is 1.10 bits per heavy atom. The molecule has 2 aromatic carbocycles. The van der Waals surface area contributed by atoms with E-state index in [4.69, 9.17) is 9.52 Å². The van der Waals surface area contributed by atoms with Crippen molar-refractivity contribution in [1.29, 1.82) is 0 Å². The number of carbonyl (C=O) groups excluding carboxylic acids is 2. The highest BCUT2D eigenvalue weighted by molar-refractivity contribution is 6.13. The third-order valence-electron chi connectivity index (χ3n) is 5.04. The van der Waals surface area contributed by atoms with Gasteiger partial charge in [-0.15, -0.1) is 0 Å². The number of aromatic carboxylic acids is 1. The first-order valence-corrected chi connectivity index (χ1v) is 9.66. The minimum absolute atomic E-state index is 0.136. The maximum absolute atomic E-state index is 12.7. The van der Waals surface area contributed by atoms with Crippen LogP contribution in [-0.4, -0.2) is 27.9 Å². The Labute approximate surface area is 178 Å². The lowest BCUT2D eigenvalue weighted by Gasteiger charge is -2.12. The summed E-state index contributed by atoms with van der Waals surface area (Å²) in [7, 11) is 0. The van der Waals surface area contributed by atoms with Crippen LogP contribution in [0.2, 0.25) is 0 Å². The molecule has 0 radical (unpaired) electrons. The third kappa shape index (κ3) is 4.11. The minimum Gasteiger partial charge on any atom is -0.478 e. The molecular formula is C24H20N2O5. The van der Waals surface area contributed by atoms with Crippen molar-refractivity contribution in [3.05, 3.63) is 88.3 Å². The average Bonchev–Trinajstić information content (AvgIpc) is 3.28. The molecule has 156 valence electrons. The molecule has 1 aromatic heterocycles. The normalized spacial score (nSPS) is 14.9. The Morgan fingerprint density at radius 2 is 1.90 bits per heavy atom. The fourth-order valence-corrected chi connectivity index (χ4v) is 3.50. The van der Waals surface area contributed by atoms with Crippen LogP contribution in [0, 0.1) is 13.8 Å². The van der Waals surface area contributed by atoms with E-state index in [2.05, 4.69) is 5.32 Å². The Hall–Kier alpha value is -4.13. The topological polar surface area (TPSA) is 99.8 Å². The van der Waals surface area contributed by atoms with Gasteiger partial charge in [-0.2, -0.15) is 0 Å². The molecule has 0 atom stereocenters. The fourth-order valence-electron chi connectivity index (χ4n) is 3.50. The van der Waals surface area contributed by atoms with E-state index < -0.39 is 17.9 Å². The predicted octanol–water partition coefficient (Wildman–Crippen LogP) is 4.35. The molecule has 31 heavy (non-hydrogen) atoms. The molecule has 1 aliphatic heterocycles. The Bertz CT molecular complexity index is 1240. The van der Waals surface area contributed by atoms with E-state index in [1.807, 2.05) is 31.2 Å². The number of carboxylic acid groups (broad SMARTS) is 1. The van der Waals surface area contributed by atoms with Gasteiger partial charge in [0.05, 0.1) is 12.1 Å². The molecule has 3 amide bonds. The molecule has 2 N–H and O–H groups in total. The molecule has 1 saturated heterocycles. The minimum atomic E-state index is -0.995. The summed E-state index contributed by atoms with van der Waals surface area (Å²) in [5.74, 6) is -0.482. The van der Waals surface area contributed by atoms with Gasteiger partial charge in [-0.05, 0) is 49.2 Å². The Kier molecular flexibility index (Phi) is 5.17. The summed E-state index contributed by atoms with van der Waals surface area (Å²) in [6, 6.07) is 15.3. The van der Waals surface area contributed by atoms with Gasteiger partial charge in [0, 0.05) is 11.6 Å². The van der Waals surface area contributed by atoms with Crippen LogP contribution in [0.25, 0.3) is 17.4 Å². The average molecular weight is 416 g/mol. The smallest absolute Gasteiger partial charge is 0.335 e. The number of nitrogens with zero attached hydrogens (tertiary/aromatic N) is 1. The first-order chi connectivity index (χ1) is 14.8. The van der Waals surface area contributed by atoms with Crippen LogP contribution in [0.5, 0.6) is 0 Å². The molecule has 0 aliphatic carbocycles. The molecule has 0 unspecified atom stereocenters. The van der Waals surface area contributed by atoms with E-state index in [1.54, 1.807) is 31.2 Å². The zero-order valence-corrected chi connectivity index (χ0v) is 17.0. The second kappa shape index (κ2) is 7.95. The number of aryl methyl sites for hydroxylation is 2. The first-order valence-electron chi connectivity index (χ1n) is 9.66. The van der Waals surface area contributed by atoms with E-state index >= 15 is 0 Å². The number of benzene rings is 2. The second-order valence-electron chi connectivity index (χ2n) is 7.41. The molecule has 3 aromatic rings. The quantitative estimate of drug-likeness (QED) is 0.476. The van der Waals surface area contributed by atoms with E-state index in [-0.39, 0.29) is 17.8 Å². The van der Waals surface area contributed by atoms with Gasteiger partial charge in [0.15, 0.2) is 0 Å². The number of nitrogens with one attached hydrogen (secondary N) is 1. The standard InChI is InChI=1S/C24H20N2O5/c1-14-4-3-5-16(10-14)13-26-22(27)20(25-24(26)30)12-18-7-9-21(31-18)19-8-6-17(23(28)29)11-15(19)2/h3-12H,13H2,1-2H3,(H,25,30)(H,28,29)/b20-12+. The van der Waals surface area contributed by atoms with Crippen molar-refractivity contribution in [2.24, 2.45) is 0 Å². The van der Waals surface area contributed by atoms with Crippen molar-refractivity contribution < 1.29 is 23.9 Å². The lowest BCUT2D eigenvalue weighted by Crippen LogP contribution is -2.30. The summed E-state index contributed by atoms with van der Waals surface area (Å²) in [5, 5.41) is 11.7. The van der Waals surface area contributed by atoms with Crippen LogP contribution in [0.1, 0.15) is 32.8 Å². The van der Waals surface area contributed by atoms with Gasteiger partial charge in [0.1, 0.15) is 17.2 Å². The van der Waals surface area contributed by atoms with Gasteiger partial charge in [-0.25, -0.2) is 9.59 Å². The number of carbonyl (C=O) groups is 3. The number of imide groups is 1. The van der Waals surface area contributed by atoms with Crippen LogP contribution in [0.4, 0.5) is 4.79 Å². The van der Waals surface area contributed by atoms with Gasteiger partial charge >= 0.3 is 12.0 Å². The lowest BCUT2D eigenvalue weighted by atomic mass is 10.0. The molecule has 0 saturated carbocycles. The summed E-state index contributed by atoms with van der Waals surface area (Å²) >= 11 is 0. The molecule has 4 rings (SSSR count). The van der Waals surface area contributed by atoms with Crippen LogP contribution >= 0.6 is 0 Å². The summed E-state index contributed by atoms with van der Waals surface area (Å²) in [5.41, 5.74) is 3.75. The highest BCUT2D eigenvalue weighted by atomic mass is 16.4. The summed E-state index contributed by atoms with van der Waals surface area (Å²) in [4.78, 5) is 37.3. The fraction of sp³-hybridized carbons (Fsp3) is 0.125. The molecule has 0 bridgehead atoms. The number of urea groups is 1. The van der Waals surface area contributed by atoms with Gasteiger partial charge in [-0.1, -0.05) is 35.9 Å². The van der Waals surface area contributed by atoms with Gasteiger partial charge in [0.25, 0.3) is 5.91 Å². The maximum Gasteiger partial charge on any atom is 0.335 e. The molecular weight excluding hydrogens is 396 g/mol. The van der Waals surface area contributed by atoms with E-state index in [0.29, 0.717) is 11.5 Å². The highest BCUT2D eigenvalue weighted by Crippen LogP contribution is 2.28. The van der Waals surface area contributed by atoms with Gasteiger partial charge < -0.3 is 14.8 Å². The monoisotopic (exact) mass is 416 g/mol. The SMILES string of the molecule is Cc1cccc(CN2C(=O)N/C(=C/c3ccc(-c4ccc(C(=O)O)cc4C)o3)C2=O)c1. The van der Waals surface area contributed by atoms with Crippen LogP contribution in [-0.2, 0) is 11.3 Å². The molecule has 7 heteroatoms. The number of furan rings is 1. The van der Waals surface area contributed by atoms with Crippen LogP contribution in [0.3, 0.4) is 0 Å². The molecule has 0 spiro atoms. The predicted molar refractivity (Wildman–Crippen MR) is 114 cm³/mol. The zero-order valence-electron chi connectivity index (χ0n) is 17.0. The molecule has 1 aliphatic rings. The summed E-state index contributed by atoms with van der Waals surface area (Å²) in [6.07, 6.45) is 1.49. The largest absolute Gasteiger partial charge is 0.478 e. The molecule has 2 heterocycles. The van der Waals surface area contributed by atoms with Crippen LogP contribution in [0.15, 0.2) is 64.7 Å². The van der Waals surface area contributed by atoms with Crippen molar-refractivity contribution in [3.63, 3.8) is 0 Å². The van der Waals surface area contributed by atoms with Crippen LogP contribution < -0.4 is 5.32 Å². The van der Waals surface area contributed by atoms with Crippen molar-refractivity contribution in [2.45, 2.75) is 20.4 Å². The first kappa shape index (κ1) is 20.2. The maximum atomic E-state index is 12.7. The lowest BCUT2D eigenvalue weighted by molar-refractivity contribution is -0.123. The number of rotatable bonds is 5. The molecule has 1 fully saturated rings. The molecule has 7 nitrogen and oxygen atoms in total. The van der Waals surface area contributed by atoms with Crippen molar-refractivity contribution in [2.75, 3.05) is 0 Å². The van der Waals surface area contributed by atoms with E-state index in [9.17, 15) is 14.4 Å². The Balaban J connectivity index is 1.55. The summed E-state index contributed by atoms with van der Waals surface area (Å²) < 4.78 is 5.82. The van der Waals surface area contributed by atoms with Crippen molar-refractivity contribution >= 4 is 24.0 Å². The highest BCUT2D eigenvalue weighted by Gasteiger charge is 2.33. The number of amides is 3. The van der Waals surface area contributed by atoms with Crippen molar-refractivity contribution in [1.82, 2.24) is 10.2 Å². The Morgan fingerprint density at radius 3 is 2.61 bits per heavy atom. The summed E-state index contributed by atoms with van der Waals surface area (Å²) in [6.45, 7) is 3.93. The number of carboxylic acids is 1. The number of hydrogen-bond donors (Lipinski definition) is 2. The van der Waals surface area contributed by atoms with E-state index in [1.165, 1.54) is 12.1 Å². The number of hydrogen-bond acceptors (Lipinski definition) is 4. The van der Waals surface area contributed by atoms with Gasteiger partial charge in [0.2, 0.25) is 0 Å².